The van der Waals surface area contributed by atoms with Gasteiger partial charge in [-0.3, -0.25) is 4.79 Å². The first kappa shape index (κ1) is 15.4. The van der Waals surface area contributed by atoms with E-state index in [4.69, 9.17) is 9.15 Å². The van der Waals surface area contributed by atoms with E-state index < -0.39 is 11.6 Å². The molecule has 6 heteroatoms. The summed E-state index contributed by atoms with van der Waals surface area (Å²) in [6.07, 6.45) is 0.324. The highest BCUT2D eigenvalue weighted by Gasteiger charge is 2.42. The van der Waals surface area contributed by atoms with Crippen molar-refractivity contribution in [3.8, 4) is 0 Å². The van der Waals surface area contributed by atoms with Crippen LogP contribution < -0.4 is 5.32 Å². The molecule has 6 nitrogen and oxygen atoms in total. The highest BCUT2D eigenvalue weighted by atomic mass is 16.6. The van der Waals surface area contributed by atoms with Gasteiger partial charge in [0, 0.05) is 25.1 Å². The standard InChI is InChI=1S/C19H16N2O4/c1-11-20-15-8-7-13(9-16(15)24-11)21-18(23)19(2)10-12-5-3-4-6-14(12)17(22)25-19/h3-9H,10H2,1-2H3,(H,21,23). The Bertz CT molecular complexity index is 1010. The number of fused-ring (bicyclic) bond motifs is 2. The van der Waals surface area contributed by atoms with Crippen molar-refractivity contribution in [1.29, 1.82) is 0 Å². The van der Waals surface area contributed by atoms with Gasteiger partial charge in [-0.1, -0.05) is 18.2 Å². The van der Waals surface area contributed by atoms with Gasteiger partial charge in [-0.15, -0.1) is 0 Å². The van der Waals surface area contributed by atoms with Crippen LogP contribution in [0.25, 0.3) is 11.1 Å². The zero-order chi connectivity index (χ0) is 17.6. The van der Waals surface area contributed by atoms with Crippen LogP contribution in [-0.4, -0.2) is 22.5 Å². The van der Waals surface area contributed by atoms with Crippen LogP contribution in [0.5, 0.6) is 0 Å². The molecule has 0 spiro atoms. The van der Waals surface area contributed by atoms with Gasteiger partial charge in [0.15, 0.2) is 17.1 Å². The van der Waals surface area contributed by atoms with Crippen LogP contribution in [0.15, 0.2) is 46.9 Å². The highest BCUT2D eigenvalue weighted by Crippen LogP contribution is 2.29. The van der Waals surface area contributed by atoms with Crippen LogP contribution in [0.4, 0.5) is 5.69 Å². The number of aryl methyl sites for hydroxylation is 1. The topological polar surface area (TPSA) is 81.4 Å². The number of benzene rings is 2. The van der Waals surface area contributed by atoms with Crippen molar-refractivity contribution in [2.45, 2.75) is 25.9 Å². The second kappa shape index (κ2) is 5.44. The third-order valence-electron chi connectivity index (χ3n) is 4.32. The molecule has 25 heavy (non-hydrogen) atoms. The fraction of sp³-hybridized carbons (Fsp3) is 0.211. The summed E-state index contributed by atoms with van der Waals surface area (Å²) in [5.74, 6) is -0.310. The van der Waals surface area contributed by atoms with E-state index in [1.54, 1.807) is 44.2 Å². The summed E-state index contributed by atoms with van der Waals surface area (Å²) in [7, 11) is 0. The number of oxazole rings is 1. The maximum atomic E-state index is 12.8. The average molecular weight is 336 g/mol. The Kier molecular flexibility index (Phi) is 3.35. The zero-order valence-corrected chi connectivity index (χ0v) is 13.8. The van der Waals surface area contributed by atoms with Crippen molar-refractivity contribution in [2.75, 3.05) is 5.32 Å². The van der Waals surface area contributed by atoms with Gasteiger partial charge >= 0.3 is 5.97 Å². The molecular weight excluding hydrogens is 320 g/mol. The SMILES string of the molecule is Cc1nc2ccc(NC(=O)C3(C)Cc4ccccc4C(=O)O3)cc2o1. The molecule has 0 saturated heterocycles. The third kappa shape index (κ3) is 2.65. The Morgan fingerprint density at radius 2 is 2.04 bits per heavy atom. The molecule has 2 aromatic carbocycles. The fourth-order valence-corrected chi connectivity index (χ4v) is 3.04. The second-order valence-electron chi connectivity index (χ2n) is 6.32. The molecule has 1 N–H and O–H groups in total. The monoisotopic (exact) mass is 336 g/mol. The summed E-state index contributed by atoms with van der Waals surface area (Å²) in [5.41, 5.74) is 1.91. The Labute approximate surface area is 143 Å². The van der Waals surface area contributed by atoms with Gasteiger partial charge < -0.3 is 14.5 Å². The number of nitrogens with one attached hydrogen (secondary N) is 1. The molecule has 1 amide bonds. The molecule has 1 aliphatic heterocycles. The van der Waals surface area contributed by atoms with Crippen LogP contribution in [0, 0.1) is 6.92 Å². The van der Waals surface area contributed by atoms with E-state index >= 15 is 0 Å². The molecule has 0 bridgehead atoms. The first-order valence-corrected chi connectivity index (χ1v) is 7.94. The number of hydrogen-bond acceptors (Lipinski definition) is 5. The lowest BCUT2D eigenvalue weighted by atomic mass is 9.89. The van der Waals surface area contributed by atoms with Crippen LogP contribution in [0.3, 0.4) is 0 Å². The largest absolute Gasteiger partial charge is 0.445 e. The number of hydrogen-bond donors (Lipinski definition) is 1. The molecule has 0 saturated carbocycles. The Morgan fingerprint density at radius 3 is 2.88 bits per heavy atom. The van der Waals surface area contributed by atoms with E-state index in [1.165, 1.54) is 0 Å². The number of carbonyl (C=O) groups excluding carboxylic acids is 2. The van der Waals surface area contributed by atoms with E-state index in [0.29, 0.717) is 29.1 Å². The number of anilines is 1. The minimum atomic E-state index is -1.27. The number of rotatable bonds is 2. The number of amides is 1. The number of aromatic nitrogens is 1. The summed E-state index contributed by atoms with van der Waals surface area (Å²) < 4.78 is 10.9. The maximum Gasteiger partial charge on any atom is 0.339 e. The number of carbonyl (C=O) groups is 2. The first-order chi connectivity index (χ1) is 11.9. The van der Waals surface area contributed by atoms with Crippen molar-refractivity contribution in [1.82, 2.24) is 4.98 Å². The lowest BCUT2D eigenvalue weighted by molar-refractivity contribution is -0.134. The fourth-order valence-electron chi connectivity index (χ4n) is 3.04. The van der Waals surface area contributed by atoms with Crippen molar-refractivity contribution in [3.63, 3.8) is 0 Å². The molecule has 126 valence electrons. The van der Waals surface area contributed by atoms with Gasteiger partial charge in [0.05, 0.1) is 5.56 Å². The van der Waals surface area contributed by atoms with Gasteiger partial charge in [0.1, 0.15) is 5.52 Å². The van der Waals surface area contributed by atoms with E-state index in [0.717, 1.165) is 11.1 Å². The van der Waals surface area contributed by atoms with Gasteiger partial charge in [-0.2, -0.15) is 0 Å². The maximum absolute atomic E-state index is 12.8. The van der Waals surface area contributed by atoms with Crippen LogP contribution in [0.1, 0.15) is 28.7 Å². The molecular formula is C19H16N2O4. The van der Waals surface area contributed by atoms with Crippen molar-refractivity contribution < 1.29 is 18.7 Å². The van der Waals surface area contributed by atoms with E-state index in [9.17, 15) is 9.59 Å². The van der Waals surface area contributed by atoms with Crippen LogP contribution in [-0.2, 0) is 16.0 Å². The molecule has 0 aliphatic carbocycles. The van der Waals surface area contributed by atoms with Gasteiger partial charge in [-0.25, -0.2) is 9.78 Å². The molecule has 2 heterocycles. The molecule has 4 rings (SSSR count). The number of esters is 1. The summed E-state index contributed by atoms with van der Waals surface area (Å²) in [5, 5.41) is 2.80. The summed E-state index contributed by atoms with van der Waals surface area (Å²) in [4.78, 5) is 29.2. The first-order valence-electron chi connectivity index (χ1n) is 7.94. The van der Waals surface area contributed by atoms with Crippen LogP contribution >= 0.6 is 0 Å². The smallest absolute Gasteiger partial charge is 0.339 e. The van der Waals surface area contributed by atoms with Gasteiger partial charge in [0.2, 0.25) is 0 Å². The molecule has 0 radical (unpaired) electrons. The van der Waals surface area contributed by atoms with Gasteiger partial charge in [0.25, 0.3) is 5.91 Å². The van der Waals surface area contributed by atoms with E-state index in [2.05, 4.69) is 10.3 Å². The summed E-state index contributed by atoms with van der Waals surface area (Å²) >= 11 is 0. The second-order valence-corrected chi connectivity index (χ2v) is 6.32. The normalized spacial score (nSPS) is 19.4. The molecule has 3 aromatic rings. The average Bonchev–Trinajstić information content (AvgIpc) is 2.94. The summed E-state index contributed by atoms with van der Waals surface area (Å²) in [6.45, 7) is 3.38. The lowest BCUT2D eigenvalue weighted by Crippen LogP contribution is -2.48. The van der Waals surface area contributed by atoms with Crippen molar-refractivity contribution in [3.05, 3.63) is 59.5 Å². The quantitative estimate of drug-likeness (QED) is 0.727. The molecule has 1 unspecified atom stereocenters. The van der Waals surface area contributed by atoms with E-state index in [1.807, 2.05) is 12.1 Å². The molecule has 1 atom stereocenters. The number of cyclic esters (lactones) is 1. The number of ether oxygens (including phenoxy) is 1. The highest BCUT2D eigenvalue weighted by molar-refractivity contribution is 6.03. The van der Waals surface area contributed by atoms with Crippen molar-refractivity contribution in [2.24, 2.45) is 0 Å². The minimum absolute atomic E-state index is 0.324. The van der Waals surface area contributed by atoms with Gasteiger partial charge in [-0.05, 0) is 30.7 Å². The van der Waals surface area contributed by atoms with E-state index in [-0.39, 0.29) is 5.91 Å². The third-order valence-corrected chi connectivity index (χ3v) is 4.32. The van der Waals surface area contributed by atoms with Crippen molar-refractivity contribution >= 4 is 28.7 Å². The number of nitrogens with zero attached hydrogens (tertiary/aromatic N) is 1. The molecule has 1 aliphatic rings. The van der Waals surface area contributed by atoms with Crippen LogP contribution in [0.2, 0.25) is 0 Å². The molecule has 1 aromatic heterocycles. The minimum Gasteiger partial charge on any atom is -0.445 e. The summed E-state index contributed by atoms with van der Waals surface area (Å²) in [6, 6.07) is 12.4. The Morgan fingerprint density at radius 1 is 1.24 bits per heavy atom. The zero-order valence-electron chi connectivity index (χ0n) is 13.8. The Hall–Kier alpha value is -3.15. The predicted octanol–water partition coefficient (Wildman–Crippen LogP) is 3.25. The molecule has 0 fully saturated rings. The lowest BCUT2D eigenvalue weighted by Gasteiger charge is -2.33. The predicted molar refractivity (Wildman–Crippen MR) is 91.3 cm³/mol. The Balaban J connectivity index is 1.60.